The minimum absolute atomic E-state index is 0. The Morgan fingerprint density at radius 3 is 1.25 bits per heavy atom. The Balaban J connectivity index is 0. The van der Waals surface area contributed by atoms with Crippen molar-refractivity contribution in [2.24, 2.45) is 0 Å². The van der Waals surface area contributed by atoms with Gasteiger partial charge in [-0.15, -0.1) is 0 Å². The summed E-state index contributed by atoms with van der Waals surface area (Å²) < 4.78 is 0. The van der Waals surface area contributed by atoms with Crippen molar-refractivity contribution in [1.82, 2.24) is 5.32 Å². The fourth-order valence-corrected chi connectivity index (χ4v) is 0. The predicted octanol–water partition coefficient (Wildman–Crippen LogP) is -3.16. The molecule has 4 heavy (non-hydrogen) atoms. The Kier molecular flexibility index (Phi) is 20.0. The first kappa shape index (κ1) is 8.88. The van der Waals surface area contributed by atoms with Crippen LogP contribution in [0.5, 0.6) is 0 Å². The molecule has 0 aliphatic rings. The van der Waals surface area contributed by atoms with Crippen LogP contribution in [0.4, 0.5) is 0 Å². The molecule has 0 saturated heterocycles. The van der Waals surface area contributed by atoms with Crippen LogP contribution in [0.25, 0.3) is 0 Å². The van der Waals surface area contributed by atoms with Gasteiger partial charge in [0.1, 0.15) is 0 Å². The molecule has 0 heterocycles. The van der Waals surface area contributed by atoms with E-state index in [9.17, 15) is 0 Å². The second kappa shape index (κ2) is 9.03. The van der Waals surface area contributed by atoms with Gasteiger partial charge in [0, 0.05) is 0 Å². The molecule has 0 saturated carbocycles. The molecule has 0 aliphatic heterocycles. The summed E-state index contributed by atoms with van der Waals surface area (Å²) in [5.74, 6) is 0. The Morgan fingerprint density at radius 2 is 1.25 bits per heavy atom. The van der Waals surface area contributed by atoms with E-state index in [2.05, 4.69) is 5.32 Å². The zero-order valence-corrected chi connectivity index (χ0v) is 5.50. The third-order valence-electron chi connectivity index (χ3n) is 0. The summed E-state index contributed by atoms with van der Waals surface area (Å²) >= 11 is 0. The first-order valence-electron chi connectivity index (χ1n) is 1.00. The molecule has 0 aromatic heterocycles. The van der Waals surface area contributed by atoms with Gasteiger partial charge in [-0.25, -0.2) is 0 Å². The fraction of sp³-hybridized carbons (Fsp3) is 1.00. The second-order valence-corrected chi connectivity index (χ2v) is 0.500. The third kappa shape index (κ3) is 12.3. The molecule has 0 aromatic rings. The van der Waals surface area contributed by atoms with E-state index in [-0.39, 0.29) is 29.6 Å². The Bertz CT molecular complexity index is 6.00. The van der Waals surface area contributed by atoms with Crippen LogP contribution in [0, 0.1) is 0 Å². The topological polar surface area (TPSA) is 12.0 Å². The molecule has 0 unspecified atom stereocenters. The van der Waals surface area contributed by atoms with Crippen LogP contribution in [-0.4, -0.2) is 14.1 Å². The summed E-state index contributed by atoms with van der Waals surface area (Å²) in [5.41, 5.74) is 0. The molecule has 0 aliphatic carbocycles. The van der Waals surface area contributed by atoms with E-state index in [1.54, 1.807) is 0 Å². The summed E-state index contributed by atoms with van der Waals surface area (Å²) in [4.78, 5) is 0. The molecule has 1 N–H and O–H groups in total. The van der Waals surface area contributed by atoms with Crippen LogP contribution in [0.3, 0.4) is 0 Å². The van der Waals surface area contributed by atoms with Crippen molar-refractivity contribution in [3.05, 3.63) is 0 Å². The molecule has 0 spiro atoms. The van der Waals surface area contributed by atoms with Crippen LogP contribution in [0.2, 0.25) is 0 Å². The van der Waals surface area contributed by atoms with Crippen LogP contribution in [-0.2, 0) is 0 Å². The van der Waals surface area contributed by atoms with Gasteiger partial charge in [-0.2, -0.15) is 0 Å². The van der Waals surface area contributed by atoms with Crippen molar-refractivity contribution >= 4 is 0 Å². The number of nitrogens with one attached hydrogen (secondary N) is 1. The first-order chi connectivity index (χ1) is 1.41. The summed E-state index contributed by atoms with van der Waals surface area (Å²) in [6.45, 7) is 0. The minimum Gasteiger partial charge on any atom is -0.323 e. The number of hydrogen-bond donors (Lipinski definition) is 1. The molecule has 0 atom stereocenters. The average molecular weight is 68.1 g/mol. The van der Waals surface area contributed by atoms with E-state index in [0.29, 0.717) is 0 Å². The zero-order chi connectivity index (χ0) is 2.71. The summed E-state index contributed by atoms with van der Waals surface area (Å²) in [6, 6.07) is 0. The molecule has 0 radical (unpaired) electrons. The molecule has 1 nitrogen and oxygen atoms in total. The van der Waals surface area contributed by atoms with Gasteiger partial charge in [0.15, 0.2) is 0 Å². The van der Waals surface area contributed by atoms with Crippen LogP contribution < -0.4 is 34.9 Å². The Hall–Kier alpha value is 0.960. The molecule has 0 bridgehead atoms. The largest absolute Gasteiger partial charge is 1.00 e. The SMILES string of the molecule is CNC.[Na+]. The molecule has 0 rings (SSSR count). The van der Waals surface area contributed by atoms with Gasteiger partial charge < -0.3 is 5.32 Å². The van der Waals surface area contributed by atoms with Gasteiger partial charge in [-0.3, -0.25) is 0 Å². The number of hydrogen-bond acceptors (Lipinski definition) is 1. The molecule has 0 fully saturated rings. The van der Waals surface area contributed by atoms with Crippen molar-refractivity contribution in [2.45, 2.75) is 0 Å². The van der Waals surface area contributed by atoms with Crippen molar-refractivity contribution in [1.29, 1.82) is 0 Å². The molecule has 0 aromatic carbocycles. The predicted molar refractivity (Wildman–Crippen MR) is 15.0 cm³/mol. The van der Waals surface area contributed by atoms with Crippen molar-refractivity contribution < 1.29 is 29.6 Å². The summed E-state index contributed by atoms with van der Waals surface area (Å²) in [5, 5.41) is 2.75. The summed E-state index contributed by atoms with van der Waals surface area (Å²) in [7, 11) is 3.75. The van der Waals surface area contributed by atoms with Gasteiger partial charge in [0.05, 0.1) is 0 Å². The Labute approximate surface area is 49.1 Å². The smallest absolute Gasteiger partial charge is 0.323 e. The van der Waals surface area contributed by atoms with Crippen molar-refractivity contribution in [2.75, 3.05) is 14.1 Å². The van der Waals surface area contributed by atoms with E-state index in [1.807, 2.05) is 14.1 Å². The van der Waals surface area contributed by atoms with Crippen LogP contribution in [0.15, 0.2) is 0 Å². The molecular weight excluding hydrogens is 61.0 g/mol. The zero-order valence-electron chi connectivity index (χ0n) is 3.50. The Morgan fingerprint density at radius 1 is 1.25 bits per heavy atom. The first-order valence-corrected chi connectivity index (χ1v) is 1.00. The van der Waals surface area contributed by atoms with Crippen LogP contribution >= 0.6 is 0 Å². The standard InChI is InChI=1S/C2H7N.Na/c1-3-2;/h3H,1-2H3;/q;+1. The molecule has 0 amide bonds. The van der Waals surface area contributed by atoms with E-state index in [0.717, 1.165) is 0 Å². The number of rotatable bonds is 0. The van der Waals surface area contributed by atoms with E-state index in [1.165, 1.54) is 0 Å². The third-order valence-corrected chi connectivity index (χ3v) is 0. The maximum atomic E-state index is 2.75. The van der Waals surface area contributed by atoms with Crippen molar-refractivity contribution in [3.63, 3.8) is 0 Å². The van der Waals surface area contributed by atoms with E-state index in [4.69, 9.17) is 0 Å². The van der Waals surface area contributed by atoms with Gasteiger partial charge in [-0.05, 0) is 14.1 Å². The van der Waals surface area contributed by atoms with E-state index < -0.39 is 0 Å². The van der Waals surface area contributed by atoms with Gasteiger partial charge in [-0.1, -0.05) is 0 Å². The monoisotopic (exact) mass is 68.0 g/mol. The van der Waals surface area contributed by atoms with Gasteiger partial charge in [0.25, 0.3) is 0 Å². The second-order valence-electron chi connectivity index (χ2n) is 0.500. The van der Waals surface area contributed by atoms with E-state index >= 15 is 0 Å². The normalized spacial score (nSPS) is 4.50. The summed E-state index contributed by atoms with van der Waals surface area (Å²) in [6.07, 6.45) is 0. The average Bonchev–Trinajstić information content (AvgIpc) is 0.918. The van der Waals surface area contributed by atoms with Crippen LogP contribution in [0.1, 0.15) is 0 Å². The molecule has 20 valence electrons. The maximum Gasteiger partial charge on any atom is 1.00 e. The fourth-order valence-electron chi connectivity index (χ4n) is 0. The van der Waals surface area contributed by atoms with Crippen molar-refractivity contribution in [3.8, 4) is 0 Å². The van der Waals surface area contributed by atoms with Gasteiger partial charge >= 0.3 is 29.6 Å². The molecule has 2 heteroatoms. The quantitative estimate of drug-likeness (QED) is 0.295. The molecular formula is C2H7NNa+. The minimum atomic E-state index is 0. The maximum absolute atomic E-state index is 2.75. The van der Waals surface area contributed by atoms with Gasteiger partial charge in [0.2, 0.25) is 0 Å².